The van der Waals surface area contributed by atoms with Crippen LogP contribution in [-0.2, 0) is 11.8 Å². The van der Waals surface area contributed by atoms with Crippen molar-refractivity contribution in [2.24, 2.45) is 7.05 Å². The maximum Gasteiger partial charge on any atom is 0.251 e. The smallest absolute Gasteiger partial charge is 0.251 e. The number of carbonyl (C=O) groups is 2. The maximum atomic E-state index is 12.5. The van der Waals surface area contributed by atoms with Crippen LogP contribution in [0.1, 0.15) is 28.8 Å². The van der Waals surface area contributed by atoms with Gasteiger partial charge in [0.15, 0.2) is 5.16 Å². The number of imidazole rings is 1. The molecule has 2 amide bonds. The second kappa shape index (κ2) is 9.41. The van der Waals surface area contributed by atoms with Crippen molar-refractivity contribution in [1.82, 2.24) is 14.9 Å². The van der Waals surface area contributed by atoms with Crippen LogP contribution in [0.5, 0.6) is 0 Å². The summed E-state index contributed by atoms with van der Waals surface area (Å²) in [6.07, 6.45) is 8.84. The summed E-state index contributed by atoms with van der Waals surface area (Å²) in [6.45, 7) is 0. The molecule has 31 heavy (non-hydrogen) atoms. The monoisotopic (exact) mass is 452 g/mol. The quantitative estimate of drug-likeness (QED) is 0.506. The number of halogens is 1. The Kier molecular flexibility index (Phi) is 6.44. The van der Waals surface area contributed by atoms with Gasteiger partial charge in [-0.05, 0) is 66.6 Å². The number of anilines is 1. The molecule has 1 heterocycles. The van der Waals surface area contributed by atoms with Crippen molar-refractivity contribution in [3.8, 4) is 0 Å². The highest BCUT2D eigenvalue weighted by atomic mass is 35.5. The molecule has 0 radical (unpaired) electrons. The summed E-state index contributed by atoms with van der Waals surface area (Å²) in [6, 6.07) is 12.8. The number of benzene rings is 2. The van der Waals surface area contributed by atoms with Crippen molar-refractivity contribution in [2.75, 3.05) is 5.32 Å². The zero-order valence-corrected chi connectivity index (χ0v) is 18.4. The van der Waals surface area contributed by atoms with Crippen LogP contribution in [-0.4, -0.2) is 27.4 Å². The molecule has 2 N–H and O–H groups in total. The average Bonchev–Trinajstić information content (AvgIpc) is 3.48. The molecule has 0 aliphatic heterocycles. The van der Waals surface area contributed by atoms with Crippen LogP contribution >= 0.6 is 23.4 Å². The molecule has 1 fully saturated rings. The summed E-state index contributed by atoms with van der Waals surface area (Å²) in [5, 5.41) is 7.17. The molecule has 1 aliphatic carbocycles. The number of hydrogen-bond donors (Lipinski definition) is 2. The van der Waals surface area contributed by atoms with Crippen molar-refractivity contribution in [3.05, 3.63) is 77.1 Å². The zero-order valence-electron chi connectivity index (χ0n) is 16.8. The number of hydrogen-bond acceptors (Lipinski definition) is 4. The lowest BCUT2D eigenvalue weighted by Gasteiger charge is -2.10. The van der Waals surface area contributed by atoms with Crippen molar-refractivity contribution >= 4 is 46.9 Å². The van der Waals surface area contributed by atoms with Crippen LogP contribution in [0, 0.1) is 0 Å². The van der Waals surface area contributed by atoms with E-state index < -0.39 is 0 Å². The number of aryl methyl sites for hydroxylation is 1. The second-order valence-electron chi connectivity index (χ2n) is 7.26. The van der Waals surface area contributed by atoms with Gasteiger partial charge in [-0.15, -0.1) is 0 Å². The summed E-state index contributed by atoms with van der Waals surface area (Å²) >= 11 is 7.57. The van der Waals surface area contributed by atoms with Gasteiger partial charge in [0, 0.05) is 47.0 Å². The molecule has 0 spiro atoms. The summed E-state index contributed by atoms with van der Waals surface area (Å²) in [5.41, 5.74) is 2.05. The van der Waals surface area contributed by atoms with E-state index in [9.17, 15) is 9.59 Å². The largest absolute Gasteiger partial charge is 0.349 e. The molecule has 8 heteroatoms. The van der Waals surface area contributed by atoms with Crippen LogP contribution in [0.4, 0.5) is 5.69 Å². The molecule has 1 aliphatic rings. The standard InChI is InChI=1S/C23H21ClN4O2S/c1-28-13-12-25-23(28)31-20-10-7-17(24)14-19(20)27-21(29)11-4-15-2-5-16(6-3-15)22(30)26-18-8-9-18/h2-7,10-14,18H,8-9H2,1H3,(H,26,30)(H,27,29)/b11-4+. The zero-order chi connectivity index (χ0) is 21.8. The summed E-state index contributed by atoms with van der Waals surface area (Å²) in [7, 11) is 1.91. The third-order valence-corrected chi connectivity index (χ3v) is 6.08. The van der Waals surface area contributed by atoms with E-state index in [0.29, 0.717) is 22.3 Å². The van der Waals surface area contributed by atoms with Gasteiger partial charge in [-0.1, -0.05) is 23.7 Å². The van der Waals surface area contributed by atoms with E-state index >= 15 is 0 Å². The first-order valence-corrected chi connectivity index (χ1v) is 11.0. The van der Waals surface area contributed by atoms with Crippen LogP contribution in [0.3, 0.4) is 0 Å². The topological polar surface area (TPSA) is 76.0 Å². The Labute approximate surface area is 189 Å². The summed E-state index contributed by atoms with van der Waals surface area (Å²) < 4.78 is 1.90. The third kappa shape index (κ3) is 5.77. The van der Waals surface area contributed by atoms with Gasteiger partial charge in [0.1, 0.15) is 0 Å². The molecule has 0 atom stereocenters. The van der Waals surface area contributed by atoms with Crippen LogP contribution in [0.2, 0.25) is 5.02 Å². The van der Waals surface area contributed by atoms with Crippen molar-refractivity contribution in [1.29, 1.82) is 0 Å². The van der Waals surface area contributed by atoms with Gasteiger partial charge in [-0.2, -0.15) is 0 Å². The van der Waals surface area contributed by atoms with E-state index in [-0.39, 0.29) is 11.8 Å². The van der Waals surface area contributed by atoms with Gasteiger partial charge in [-0.25, -0.2) is 4.98 Å². The normalized spacial score (nSPS) is 13.4. The van der Waals surface area contributed by atoms with Crippen molar-refractivity contribution in [2.45, 2.75) is 28.9 Å². The molecule has 3 aromatic rings. The lowest BCUT2D eigenvalue weighted by molar-refractivity contribution is -0.111. The lowest BCUT2D eigenvalue weighted by Crippen LogP contribution is -2.25. The number of nitrogens with zero attached hydrogens (tertiary/aromatic N) is 2. The number of amides is 2. The molecule has 0 unspecified atom stereocenters. The van der Waals surface area contributed by atoms with Crippen LogP contribution < -0.4 is 10.6 Å². The number of carbonyl (C=O) groups excluding carboxylic acids is 2. The first-order chi connectivity index (χ1) is 15.0. The van der Waals surface area contributed by atoms with Crippen LogP contribution in [0.15, 0.2) is 71.0 Å². The Bertz CT molecular complexity index is 1140. The SMILES string of the molecule is Cn1ccnc1Sc1ccc(Cl)cc1NC(=O)/C=C/c1ccc(C(=O)NC2CC2)cc1. The molecule has 0 saturated heterocycles. The number of nitrogens with one attached hydrogen (secondary N) is 2. The van der Waals surface area contributed by atoms with E-state index in [0.717, 1.165) is 28.5 Å². The Balaban J connectivity index is 1.41. The molecule has 6 nitrogen and oxygen atoms in total. The summed E-state index contributed by atoms with van der Waals surface area (Å²) in [5.74, 6) is -0.339. The second-order valence-corrected chi connectivity index (χ2v) is 8.70. The van der Waals surface area contributed by atoms with E-state index in [1.807, 2.05) is 36.0 Å². The van der Waals surface area contributed by atoms with Gasteiger partial charge in [0.2, 0.25) is 5.91 Å². The Morgan fingerprint density at radius 3 is 2.65 bits per heavy atom. The Morgan fingerprint density at radius 2 is 1.97 bits per heavy atom. The molecule has 0 bridgehead atoms. The predicted molar refractivity (Wildman–Crippen MR) is 123 cm³/mol. The Hall–Kier alpha value is -3.03. The lowest BCUT2D eigenvalue weighted by atomic mass is 10.1. The van der Waals surface area contributed by atoms with Gasteiger partial charge >= 0.3 is 0 Å². The van der Waals surface area contributed by atoms with Gasteiger partial charge in [0.25, 0.3) is 5.91 Å². The van der Waals surface area contributed by atoms with E-state index in [4.69, 9.17) is 11.6 Å². The van der Waals surface area contributed by atoms with E-state index in [2.05, 4.69) is 15.6 Å². The number of aromatic nitrogens is 2. The van der Waals surface area contributed by atoms with E-state index in [1.165, 1.54) is 17.8 Å². The first kappa shape index (κ1) is 21.2. The van der Waals surface area contributed by atoms with Gasteiger partial charge in [-0.3, -0.25) is 9.59 Å². The fourth-order valence-electron chi connectivity index (χ4n) is 2.83. The fourth-order valence-corrected chi connectivity index (χ4v) is 3.87. The minimum absolute atomic E-state index is 0.0607. The van der Waals surface area contributed by atoms with Crippen molar-refractivity contribution in [3.63, 3.8) is 0 Å². The maximum absolute atomic E-state index is 12.5. The highest BCUT2D eigenvalue weighted by Crippen LogP contribution is 2.34. The molecule has 1 saturated carbocycles. The van der Waals surface area contributed by atoms with Crippen molar-refractivity contribution < 1.29 is 9.59 Å². The molecule has 1 aromatic heterocycles. The number of rotatable bonds is 7. The summed E-state index contributed by atoms with van der Waals surface area (Å²) in [4.78, 5) is 29.7. The van der Waals surface area contributed by atoms with Crippen LogP contribution in [0.25, 0.3) is 6.08 Å². The molecule has 2 aromatic carbocycles. The molecule has 158 valence electrons. The average molecular weight is 453 g/mol. The predicted octanol–water partition coefficient (Wildman–Crippen LogP) is 4.77. The third-order valence-electron chi connectivity index (χ3n) is 4.69. The fraction of sp³-hybridized carbons (Fsp3) is 0.174. The molecular weight excluding hydrogens is 432 g/mol. The Morgan fingerprint density at radius 1 is 1.19 bits per heavy atom. The molecular formula is C23H21ClN4O2S. The van der Waals surface area contributed by atoms with E-state index in [1.54, 1.807) is 36.5 Å². The minimum atomic E-state index is -0.278. The highest BCUT2D eigenvalue weighted by molar-refractivity contribution is 7.99. The first-order valence-electron chi connectivity index (χ1n) is 9.82. The van der Waals surface area contributed by atoms with Gasteiger partial charge < -0.3 is 15.2 Å². The van der Waals surface area contributed by atoms with Gasteiger partial charge in [0.05, 0.1) is 5.69 Å². The minimum Gasteiger partial charge on any atom is -0.349 e. The molecule has 4 rings (SSSR count). The highest BCUT2D eigenvalue weighted by Gasteiger charge is 2.23.